The number of rotatable bonds is 4. The van der Waals surface area contributed by atoms with E-state index in [0.29, 0.717) is 56.9 Å². The first-order valence-corrected chi connectivity index (χ1v) is 10.4. The lowest BCUT2D eigenvalue weighted by molar-refractivity contribution is 0.0736. The molecule has 0 spiro atoms. The molecule has 0 atom stereocenters. The van der Waals surface area contributed by atoms with Crippen molar-refractivity contribution in [1.82, 2.24) is 20.0 Å². The molecule has 5 rings (SSSR count). The molecule has 2 aliphatic rings. The highest BCUT2D eigenvalue weighted by molar-refractivity contribution is 5.93. The summed E-state index contributed by atoms with van der Waals surface area (Å²) in [6, 6.07) is 7.15. The molecule has 10 heteroatoms. The molecule has 0 aromatic carbocycles. The zero-order chi connectivity index (χ0) is 21.2. The number of ether oxygens (including phenoxy) is 1. The second-order valence-electron chi connectivity index (χ2n) is 7.60. The molecule has 0 unspecified atom stereocenters. The topological polar surface area (TPSA) is 101 Å². The number of hydrogen-bond acceptors (Lipinski definition) is 9. The van der Waals surface area contributed by atoms with Gasteiger partial charge in [-0.15, -0.1) is 0 Å². The molecule has 3 aromatic heterocycles. The van der Waals surface area contributed by atoms with Crippen LogP contribution < -0.4 is 9.80 Å². The number of piperazine rings is 1. The lowest BCUT2D eigenvalue weighted by Crippen LogP contribution is -2.49. The highest BCUT2D eigenvalue weighted by Gasteiger charge is 2.27. The van der Waals surface area contributed by atoms with Crippen molar-refractivity contribution in [3.63, 3.8) is 0 Å². The first kappa shape index (κ1) is 19.6. The van der Waals surface area contributed by atoms with Crippen LogP contribution in [-0.4, -0.2) is 78.4 Å². The number of hydrogen-bond donors (Lipinski definition) is 0. The van der Waals surface area contributed by atoms with Gasteiger partial charge in [-0.25, -0.2) is 4.98 Å². The summed E-state index contributed by atoms with van der Waals surface area (Å²) in [6.07, 6.45) is 1.55. The molecule has 5 heterocycles. The van der Waals surface area contributed by atoms with Gasteiger partial charge in [0.15, 0.2) is 11.5 Å². The molecule has 2 fully saturated rings. The van der Waals surface area contributed by atoms with Crippen LogP contribution >= 0.6 is 0 Å². The summed E-state index contributed by atoms with van der Waals surface area (Å²) in [5.74, 6) is 2.47. The Labute approximate surface area is 179 Å². The molecule has 31 heavy (non-hydrogen) atoms. The Hall–Kier alpha value is -3.40. The molecule has 10 nitrogen and oxygen atoms in total. The van der Waals surface area contributed by atoms with Crippen molar-refractivity contribution in [3.8, 4) is 11.5 Å². The van der Waals surface area contributed by atoms with Crippen molar-refractivity contribution in [1.29, 1.82) is 0 Å². The summed E-state index contributed by atoms with van der Waals surface area (Å²) in [4.78, 5) is 28.4. The van der Waals surface area contributed by atoms with Crippen molar-refractivity contribution >= 4 is 17.7 Å². The van der Waals surface area contributed by atoms with Gasteiger partial charge in [-0.2, -0.15) is 4.98 Å². The third-order valence-electron chi connectivity index (χ3n) is 5.51. The van der Waals surface area contributed by atoms with E-state index in [1.54, 1.807) is 29.4 Å². The third-order valence-corrected chi connectivity index (χ3v) is 5.51. The lowest BCUT2D eigenvalue weighted by Gasteiger charge is -2.35. The molecule has 3 aromatic rings. The van der Waals surface area contributed by atoms with E-state index < -0.39 is 0 Å². The minimum absolute atomic E-state index is 0.152. The van der Waals surface area contributed by atoms with E-state index in [4.69, 9.17) is 18.7 Å². The Morgan fingerprint density at radius 1 is 0.968 bits per heavy atom. The minimum atomic E-state index is -0.152. The summed E-state index contributed by atoms with van der Waals surface area (Å²) < 4.78 is 16.0. The third kappa shape index (κ3) is 4.11. The molecular weight excluding hydrogens is 400 g/mol. The first-order chi connectivity index (χ1) is 15.2. The summed E-state index contributed by atoms with van der Waals surface area (Å²) >= 11 is 0. The number of morpholine rings is 1. The van der Waals surface area contributed by atoms with Crippen LogP contribution in [0.3, 0.4) is 0 Å². The highest BCUT2D eigenvalue weighted by atomic mass is 16.5. The number of anilines is 2. The second kappa shape index (κ2) is 8.38. The molecule has 0 aliphatic carbocycles. The molecule has 0 N–H and O–H groups in total. The largest absolute Gasteiger partial charge is 0.461 e. The van der Waals surface area contributed by atoms with E-state index in [9.17, 15) is 4.79 Å². The predicted molar refractivity (Wildman–Crippen MR) is 112 cm³/mol. The van der Waals surface area contributed by atoms with Crippen LogP contribution in [-0.2, 0) is 4.74 Å². The van der Waals surface area contributed by atoms with Crippen molar-refractivity contribution in [3.05, 3.63) is 41.9 Å². The Morgan fingerprint density at radius 2 is 1.77 bits per heavy atom. The monoisotopic (exact) mass is 424 g/mol. The van der Waals surface area contributed by atoms with Gasteiger partial charge in [0.2, 0.25) is 11.7 Å². The van der Waals surface area contributed by atoms with Crippen molar-refractivity contribution in [2.45, 2.75) is 6.92 Å². The summed E-state index contributed by atoms with van der Waals surface area (Å²) in [5, 5.41) is 3.92. The van der Waals surface area contributed by atoms with Crippen LogP contribution in [0.4, 0.5) is 11.8 Å². The van der Waals surface area contributed by atoms with Crippen molar-refractivity contribution in [2.75, 3.05) is 62.3 Å². The Bertz CT molecular complexity index is 1040. The van der Waals surface area contributed by atoms with Crippen LogP contribution in [0.2, 0.25) is 0 Å². The Morgan fingerprint density at radius 3 is 2.52 bits per heavy atom. The molecule has 0 saturated carbocycles. The fourth-order valence-electron chi connectivity index (χ4n) is 3.81. The molecule has 0 bridgehead atoms. The number of carbonyl (C=O) groups is 1. The van der Waals surface area contributed by atoms with Gasteiger partial charge in [0.1, 0.15) is 5.82 Å². The van der Waals surface area contributed by atoms with Gasteiger partial charge in [-0.05, 0) is 19.1 Å². The van der Waals surface area contributed by atoms with E-state index >= 15 is 0 Å². The van der Waals surface area contributed by atoms with Gasteiger partial charge in [0, 0.05) is 57.1 Å². The van der Waals surface area contributed by atoms with E-state index in [-0.39, 0.29) is 11.6 Å². The van der Waals surface area contributed by atoms with Gasteiger partial charge >= 0.3 is 0 Å². The van der Waals surface area contributed by atoms with E-state index in [0.717, 1.165) is 24.6 Å². The number of aromatic nitrogens is 3. The summed E-state index contributed by atoms with van der Waals surface area (Å²) in [5.41, 5.74) is 1.21. The number of aryl methyl sites for hydroxylation is 1. The number of carbonyl (C=O) groups excluding carboxylic acids is 1. The standard InChI is InChI=1S/C21H24N6O4/c1-15-13-19(25-8-11-29-12-9-25)23-21(22-15)27-6-4-26(5-7-27)20(28)16-14-18(31-24-16)17-3-2-10-30-17/h2-3,10,13-14H,4-9,11-12H2,1H3. The maximum absolute atomic E-state index is 12.8. The van der Waals surface area contributed by atoms with Crippen LogP contribution in [0.25, 0.3) is 11.5 Å². The van der Waals surface area contributed by atoms with Gasteiger partial charge in [-0.1, -0.05) is 5.16 Å². The van der Waals surface area contributed by atoms with E-state index in [1.807, 2.05) is 13.0 Å². The van der Waals surface area contributed by atoms with Crippen LogP contribution in [0.5, 0.6) is 0 Å². The van der Waals surface area contributed by atoms with Gasteiger partial charge in [-0.3, -0.25) is 4.79 Å². The smallest absolute Gasteiger partial charge is 0.276 e. The number of nitrogens with zero attached hydrogens (tertiary/aromatic N) is 6. The maximum Gasteiger partial charge on any atom is 0.276 e. The maximum atomic E-state index is 12.8. The Kier molecular flexibility index (Phi) is 5.29. The predicted octanol–water partition coefficient (Wildman–Crippen LogP) is 1.83. The molecule has 2 saturated heterocycles. The van der Waals surface area contributed by atoms with Crippen molar-refractivity contribution < 1.29 is 18.5 Å². The van der Waals surface area contributed by atoms with E-state index in [1.165, 1.54) is 0 Å². The minimum Gasteiger partial charge on any atom is -0.461 e. The SMILES string of the molecule is Cc1cc(N2CCOCC2)nc(N2CCN(C(=O)c3cc(-c4ccco4)on3)CC2)n1. The average Bonchev–Trinajstić information content (AvgIpc) is 3.51. The fourth-order valence-corrected chi connectivity index (χ4v) is 3.81. The van der Waals surface area contributed by atoms with Crippen LogP contribution in [0.1, 0.15) is 16.2 Å². The first-order valence-electron chi connectivity index (χ1n) is 10.4. The molecule has 162 valence electrons. The molecule has 1 amide bonds. The molecule has 0 radical (unpaired) electrons. The fraction of sp³-hybridized carbons (Fsp3) is 0.429. The highest BCUT2D eigenvalue weighted by Crippen LogP contribution is 2.23. The van der Waals surface area contributed by atoms with Crippen LogP contribution in [0.15, 0.2) is 39.5 Å². The normalized spacial score (nSPS) is 17.3. The van der Waals surface area contributed by atoms with E-state index in [2.05, 4.69) is 19.9 Å². The van der Waals surface area contributed by atoms with Crippen molar-refractivity contribution in [2.24, 2.45) is 0 Å². The second-order valence-corrected chi connectivity index (χ2v) is 7.60. The summed E-state index contributed by atoms with van der Waals surface area (Å²) in [6.45, 7) is 7.49. The van der Waals surface area contributed by atoms with Gasteiger partial charge < -0.3 is 28.4 Å². The van der Waals surface area contributed by atoms with Crippen LogP contribution in [0, 0.1) is 6.92 Å². The average molecular weight is 424 g/mol. The quantitative estimate of drug-likeness (QED) is 0.621. The molecule has 2 aliphatic heterocycles. The number of amides is 1. The number of furan rings is 1. The summed E-state index contributed by atoms with van der Waals surface area (Å²) in [7, 11) is 0. The zero-order valence-electron chi connectivity index (χ0n) is 17.4. The van der Waals surface area contributed by atoms with Gasteiger partial charge in [0.05, 0.1) is 19.5 Å². The Balaban J connectivity index is 1.24. The molecular formula is C21H24N6O4. The van der Waals surface area contributed by atoms with Gasteiger partial charge in [0.25, 0.3) is 5.91 Å². The zero-order valence-corrected chi connectivity index (χ0v) is 17.4. The lowest BCUT2D eigenvalue weighted by atomic mass is 10.2.